The van der Waals surface area contributed by atoms with Crippen LogP contribution < -0.4 is 0 Å². The molecule has 10 aromatic carbocycles. The smallest absolute Gasteiger partial charge is 0.0991 e. The lowest BCUT2D eigenvalue weighted by molar-refractivity contribution is 1.09. The van der Waals surface area contributed by atoms with Gasteiger partial charge in [-0.2, -0.15) is 5.26 Å². The first kappa shape index (κ1) is 52.4. The molecule has 0 aliphatic carbocycles. The lowest BCUT2D eigenvalue weighted by atomic mass is 9.97. The van der Waals surface area contributed by atoms with Crippen molar-refractivity contribution >= 4 is 43.6 Å². The number of nitrogens with zero attached hydrogens (tertiary/aromatic N) is 7. The number of fused-ring (bicyclic) bond motifs is 6. The Morgan fingerprint density at radius 1 is 0.270 bits per heavy atom. The van der Waals surface area contributed by atoms with Crippen molar-refractivity contribution in [3.63, 3.8) is 0 Å². The van der Waals surface area contributed by atoms with Gasteiger partial charge >= 0.3 is 0 Å². The first-order valence-corrected chi connectivity index (χ1v) is 29.9. The summed E-state index contributed by atoms with van der Waals surface area (Å²) in [5.41, 5.74) is 26.2. The van der Waals surface area contributed by atoms with Gasteiger partial charge in [0.25, 0.3) is 0 Å². The number of aromatic nitrogens is 6. The van der Waals surface area contributed by atoms with E-state index in [2.05, 4.69) is 210 Å². The Hall–Kier alpha value is -12.1. The molecule has 89 heavy (non-hydrogen) atoms. The summed E-state index contributed by atoms with van der Waals surface area (Å²) in [6.07, 6.45) is 7.95. The zero-order chi connectivity index (χ0) is 59.4. The fourth-order valence-electron chi connectivity index (χ4n) is 12.8. The minimum absolute atomic E-state index is 0.603. The van der Waals surface area contributed by atoms with Crippen molar-refractivity contribution in [2.45, 2.75) is 6.92 Å². The predicted octanol–water partition coefficient (Wildman–Crippen LogP) is 20.6. The van der Waals surface area contributed by atoms with Gasteiger partial charge in [-0.05, 0) is 143 Å². The zero-order valence-electron chi connectivity index (χ0n) is 48.5. The molecule has 6 heterocycles. The van der Waals surface area contributed by atoms with Crippen LogP contribution in [0.25, 0.3) is 156 Å². The van der Waals surface area contributed by atoms with Gasteiger partial charge in [-0.1, -0.05) is 182 Å². The highest BCUT2D eigenvalue weighted by atomic mass is 15.1. The Balaban J connectivity index is 0.930. The van der Waals surface area contributed by atoms with Crippen molar-refractivity contribution in [2.24, 2.45) is 0 Å². The highest BCUT2D eigenvalue weighted by molar-refractivity contribution is 6.14. The van der Waals surface area contributed by atoms with Crippen LogP contribution in [0.3, 0.4) is 0 Å². The first-order valence-electron chi connectivity index (χ1n) is 29.9. The fourth-order valence-corrected chi connectivity index (χ4v) is 12.8. The maximum absolute atomic E-state index is 10.3. The van der Waals surface area contributed by atoms with E-state index >= 15 is 0 Å². The second-order valence-corrected chi connectivity index (χ2v) is 22.6. The molecule has 416 valence electrons. The van der Waals surface area contributed by atoms with Crippen LogP contribution in [0.2, 0.25) is 0 Å². The molecule has 16 aromatic rings. The SMILES string of the molecule is Cc1cc(-n2c3ccc(-c4ccc(-c5ccccc5)nc4)cc3c3cc(-c4ccc(-c5ccccc5)nc4)ccc32)c(-n2c3ccc(-c4ccc(-c5ccccc5)nc4)cc3c3cc(-c4ccc(-c5ccccc5)nc4)ccc32)cc1-c1cccc(C#N)c1. The van der Waals surface area contributed by atoms with E-state index in [1.54, 1.807) is 0 Å². The molecular formula is C82H53N7. The molecule has 0 atom stereocenters. The fraction of sp³-hybridized carbons (Fsp3) is 0.0122. The molecule has 16 rings (SSSR count). The second-order valence-electron chi connectivity index (χ2n) is 22.6. The van der Waals surface area contributed by atoms with Crippen molar-refractivity contribution in [3.05, 3.63) is 315 Å². The van der Waals surface area contributed by atoms with Crippen molar-refractivity contribution in [3.8, 4) is 118 Å². The Labute approximate surface area is 515 Å². The van der Waals surface area contributed by atoms with E-state index in [1.807, 2.05) is 116 Å². The minimum Gasteiger partial charge on any atom is -0.307 e. The number of benzene rings is 10. The van der Waals surface area contributed by atoms with E-state index < -0.39 is 0 Å². The molecule has 0 bridgehead atoms. The molecule has 0 spiro atoms. The number of hydrogen-bond donors (Lipinski definition) is 0. The number of rotatable bonds is 11. The van der Waals surface area contributed by atoms with Crippen LogP contribution in [0.1, 0.15) is 11.1 Å². The third kappa shape index (κ3) is 9.59. The molecule has 0 fully saturated rings. The van der Waals surface area contributed by atoms with Gasteiger partial charge in [0.2, 0.25) is 0 Å². The quantitative estimate of drug-likeness (QED) is 0.129. The van der Waals surface area contributed by atoms with Gasteiger partial charge in [0.1, 0.15) is 0 Å². The summed E-state index contributed by atoms with van der Waals surface area (Å²) in [5, 5.41) is 14.7. The van der Waals surface area contributed by atoms with Crippen LogP contribution >= 0.6 is 0 Å². The van der Waals surface area contributed by atoms with Crippen LogP contribution in [-0.4, -0.2) is 29.1 Å². The maximum Gasteiger partial charge on any atom is 0.0991 e. The van der Waals surface area contributed by atoms with Gasteiger partial charge in [0, 0.05) is 90.8 Å². The molecule has 0 saturated heterocycles. The van der Waals surface area contributed by atoms with Crippen molar-refractivity contribution in [2.75, 3.05) is 0 Å². The average Bonchev–Trinajstić information content (AvgIpc) is 1.64. The van der Waals surface area contributed by atoms with Gasteiger partial charge in [0.15, 0.2) is 0 Å². The normalized spacial score (nSPS) is 11.4. The van der Waals surface area contributed by atoms with Crippen LogP contribution in [0.15, 0.2) is 304 Å². The summed E-state index contributed by atoms with van der Waals surface area (Å²) in [6, 6.07) is 101. The van der Waals surface area contributed by atoms with Crippen molar-refractivity contribution in [1.29, 1.82) is 5.26 Å². The summed E-state index contributed by atoms with van der Waals surface area (Å²) in [6.45, 7) is 2.18. The van der Waals surface area contributed by atoms with Gasteiger partial charge in [-0.25, -0.2) is 0 Å². The molecular weight excluding hydrogens is 1080 g/mol. The van der Waals surface area contributed by atoms with Crippen molar-refractivity contribution in [1.82, 2.24) is 29.1 Å². The lowest BCUT2D eigenvalue weighted by Crippen LogP contribution is -2.05. The van der Waals surface area contributed by atoms with E-state index in [9.17, 15) is 5.26 Å². The van der Waals surface area contributed by atoms with Crippen molar-refractivity contribution < 1.29 is 0 Å². The molecule has 0 unspecified atom stereocenters. The Bertz CT molecular complexity index is 5100. The molecule has 7 heteroatoms. The number of hydrogen-bond acceptors (Lipinski definition) is 5. The predicted molar refractivity (Wildman–Crippen MR) is 365 cm³/mol. The van der Waals surface area contributed by atoms with Gasteiger partial charge in [-0.15, -0.1) is 0 Å². The molecule has 0 aliphatic rings. The Kier molecular flexibility index (Phi) is 13.0. The van der Waals surface area contributed by atoms with E-state index in [0.29, 0.717) is 5.56 Å². The summed E-state index contributed by atoms with van der Waals surface area (Å²) in [4.78, 5) is 19.9. The molecule has 7 nitrogen and oxygen atoms in total. The molecule has 0 amide bonds. The third-order valence-electron chi connectivity index (χ3n) is 17.3. The van der Waals surface area contributed by atoms with Gasteiger partial charge < -0.3 is 9.13 Å². The minimum atomic E-state index is 0.603. The zero-order valence-corrected chi connectivity index (χ0v) is 48.5. The van der Waals surface area contributed by atoms with Crippen LogP contribution in [0.4, 0.5) is 0 Å². The Morgan fingerprint density at radius 2 is 0.573 bits per heavy atom. The summed E-state index contributed by atoms with van der Waals surface area (Å²) in [5.74, 6) is 0. The largest absolute Gasteiger partial charge is 0.307 e. The third-order valence-corrected chi connectivity index (χ3v) is 17.3. The van der Waals surface area contributed by atoms with Crippen LogP contribution in [-0.2, 0) is 0 Å². The first-order chi connectivity index (χ1) is 44.0. The van der Waals surface area contributed by atoms with E-state index in [4.69, 9.17) is 19.9 Å². The topological polar surface area (TPSA) is 85.2 Å². The molecule has 0 aliphatic heterocycles. The van der Waals surface area contributed by atoms with Gasteiger partial charge in [0.05, 0.1) is 67.8 Å². The standard InChI is InChI=1S/C82H53N7/c1-53-41-81(88-77-37-29-59(64-25-33-73(84-49-64)55-16-6-2-7-17-55)43-69(77)70-44-60(30-38-78(70)88)65-26-34-74(85-50-65)56-18-8-3-9-19-56)82(47-68(53)63-24-14-15-54(42-63)48-83)89-79-39-31-61(66-27-35-75(86-51-66)57-20-10-4-11-21-57)45-71(79)72-46-62(32-40-80(72)89)67-28-36-76(87-52-67)58-22-12-5-13-23-58/h2-47,49-52H,1H3. The van der Waals surface area contributed by atoms with E-state index in [1.165, 1.54) is 0 Å². The number of nitriles is 1. The van der Waals surface area contributed by atoms with Crippen LogP contribution in [0, 0.1) is 18.3 Å². The molecule has 0 saturated carbocycles. The van der Waals surface area contributed by atoms with E-state index in [0.717, 1.165) is 161 Å². The second kappa shape index (κ2) is 22.1. The highest BCUT2D eigenvalue weighted by Gasteiger charge is 2.24. The molecule has 6 aromatic heterocycles. The number of pyridine rings is 4. The van der Waals surface area contributed by atoms with Gasteiger partial charge in [-0.3, -0.25) is 19.9 Å². The maximum atomic E-state index is 10.3. The number of aryl methyl sites for hydroxylation is 1. The average molecular weight is 1140 g/mol. The summed E-state index contributed by atoms with van der Waals surface area (Å²) in [7, 11) is 0. The summed E-state index contributed by atoms with van der Waals surface area (Å²) >= 11 is 0. The Morgan fingerprint density at radius 3 is 0.876 bits per heavy atom. The summed E-state index contributed by atoms with van der Waals surface area (Å²) < 4.78 is 4.89. The molecule has 0 N–H and O–H groups in total. The van der Waals surface area contributed by atoms with Crippen LogP contribution in [0.5, 0.6) is 0 Å². The highest BCUT2D eigenvalue weighted by Crippen LogP contribution is 2.44. The molecule has 0 radical (unpaired) electrons. The monoisotopic (exact) mass is 1140 g/mol. The lowest BCUT2D eigenvalue weighted by Gasteiger charge is -2.20. The van der Waals surface area contributed by atoms with E-state index in [-0.39, 0.29) is 0 Å².